The number of ether oxygens (including phenoxy) is 1. The van der Waals surface area contributed by atoms with Gasteiger partial charge in [-0.05, 0) is 18.1 Å². The van der Waals surface area contributed by atoms with Crippen LogP contribution in [0.4, 0.5) is 0 Å². The molecule has 5 nitrogen and oxygen atoms in total. The van der Waals surface area contributed by atoms with Crippen molar-refractivity contribution < 1.29 is 24.2 Å². The van der Waals surface area contributed by atoms with Gasteiger partial charge < -0.3 is 19.4 Å². The van der Waals surface area contributed by atoms with Gasteiger partial charge in [-0.25, -0.2) is 4.79 Å². The highest BCUT2D eigenvalue weighted by Crippen LogP contribution is 2.45. The summed E-state index contributed by atoms with van der Waals surface area (Å²) in [6, 6.07) is 0. The molecule has 1 saturated carbocycles. The Labute approximate surface area is 125 Å². The number of carbonyl (C=O) groups is 1. The van der Waals surface area contributed by atoms with Crippen LogP contribution in [0.1, 0.15) is 27.2 Å². The standard InChI is InChI=1S/C13H23ClO5Si/c1-12(2,3)20(4,5)19-9-7-6-13(17,11(16)18-7)10(14)8(9)15/h7-10,15,17H,6H2,1-5H3/t7-,8+,9+,10+,13-/m1/s1. The summed E-state index contributed by atoms with van der Waals surface area (Å²) in [6.45, 7) is 10.4. The molecule has 1 saturated heterocycles. The van der Waals surface area contributed by atoms with Crippen molar-refractivity contribution in [2.75, 3.05) is 0 Å². The van der Waals surface area contributed by atoms with Crippen molar-refractivity contribution in [1.29, 1.82) is 0 Å². The number of carbonyl (C=O) groups excluding carboxylic acids is 1. The number of aliphatic hydroxyl groups is 2. The van der Waals surface area contributed by atoms with Crippen LogP contribution in [0.3, 0.4) is 0 Å². The number of esters is 1. The van der Waals surface area contributed by atoms with Crippen LogP contribution in [0.15, 0.2) is 0 Å². The van der Waals surface area contributed by atoms with E-state index in [-0.39, 0.29) is 11.5 Å². The molecule has 0 spiro atoms. The summed E-state index contributed by atoms with van der Waals surface area (Å²) in [6.07, 6.45) is -2.35. The third-order valence-electron chi connectivity index (χ3n) is 4.82. The molecule has 2 aliphatic rings. The number of fused-ring (bicyclic) bond motifs is 2. The third kappa shape index (κ3) is 2.31. The number of halogens is 1. The van der Waals surface area contributed by atoms with Crippen molar-refractivity contribution in [1.82, 2.24) is 0 Å². The second kappa shape index (κ2) is 4.68. The van der Waals surface area contributed by atoms with Crippen molar-refractivity contribution in [3.8, 4) is 0 Å². The van der Waals surface area contributed by atoms with E-state index in [0.717, 1.165) is 0 Å². The van der Waals surface area contributed by atoms with E-state index >= 15 is 0 Å². The molecule has 0 aromatic rings. The van der Waals surface area contributed by atoms with Crippen molar-refractivity contribution >= 4 is 25.9 Å². The average molecular weight is 323 g/mol. The van der Waals surface area contributed by atoms with Gasteiger partial charge in [-0.15, -0.1) is 11.6 Å². The maximum absolute atomic E-state index is 11.7. The third-order valence-corrected chi connectivity index (χ3v) is 9.91. The van der Waals surface area contributed by atoms with E-state index in [4.69, 9.17) is 20.8 Å². The first-order valence-corrected chi connectivity index (χ1v) is 10.2. The lowest BCUT2D eigenvalue weighted by atomic mass is 9.82. The van der Waals surface area contributed by atoms with Gasteiger partial charge in [-0.1, -0.05) is 20.8 Å². The maximum atomic E-state index is 11.7. The first-order chi connectivity index (χ1) is 8.90. The van der Waals surface area contributed by atoms with Crippen LogP contribution in [0, 0.1) is 0 Å². The molecule has 116 valence electrons. The van der Waals surface area contributed by atoms with Crippen molar-refractivity contribution in [2.24, 2.45) is 0 Å². The summed E-state index contributed by atoms with van der Waals surface area (Å²) in [4.78, 5) is 11.7. The van der Waals surface area contributed by atoms with Crippen LogP contribution in [-0.2, 0) is 14.0 Å². The molecule has 2 fully saturated rings. The zero-order chi connectivity index (χ0) is 15.5. The molecule has 0 radical (unpaired) electrons. The van der Waals surface area contributed by atoms with E-state index in [0.29, 0.717) is 0 Å². The molecule has 0 unspecified atom stereocenters. The summed E-state index contributed by atoms with van der Waals surface area (Å²) < 4.78 is 11.3. The van der Waals surface area contributed by atoms with Crippen LogP contribution in [0.25, 0.3) is 0 Å². The lowest BCUT2D eigenvalue weighted by Crippen LogP contribution is -2.61. The second-order valence-electron chi connectivity index (χ2n) is 7.31. The second-order valence-corrected chi connectivity index (χ2v) is 12.5. The molecule has 2 rings (SSSR count). The van der Waals surface area contributed by atoms with Crippen LogP contribution in [0.5, 0.6) is 0 Å². The maximum Gasteiger partial charge on any atom is 0.340 e. The van der Waals surface area contributed by atoms with Gasteiger partial charge in [0, 0.05) is 6.42 Å². The molecular formula is C13H23ClO5Si. The molecule has 7 heteroatoms. The van der Waals surface area contributed by atoms with Gasteiger partial charge in [0.1, 0.15) is 23.7 Å². The molecule has 1 heterocycles. The molecule has 0 aromatic heterocycles. The summed E-state index contributed by atoms with van der Waals surface area (Å²) in [5.41, 5.74) is -1.79. The molecule has 0 aromatic carbocycles. The predicted molar refractivity (Wildman–Crippen MR) is 77.2 cm³/mol. The van der Waals surface area contributed by atoms with Crippen LogP contribution in [0.2, 0.25) is 18.1 Å². The average Bonchev–Trinajstić information content (AvgIpc) is 2.57. The minimum Gasteiger partial charge on any atom is -0.457 e. The number of hydrogen-bond acceptors (Lipinski definition) is 5. The van der Waals surface area contributed by atoms with Gasteiger partial charge in [0.2, 0.25) is 0 Å². The highest BCUT2D eigenvalue weighted by atomic mass is 35.5. The highest BCUT2D eigenvalue weighted by molar-refractivity contribution is 6.74. The zero-order valence-electron chi connectivity index (χ0n) is 12.5. The van der Waals surface area contributed by atoms with Gasteiger partial charge >= 0.3 is 5.97 Å². The highest BCUT2D eigenvalue weighted by Gasteiger charge is 2.64. The Balaban J connectivity index is 2.24. The van der Waals surface area contributed by atoms with Gasteiger partial charge in [-0.3, -0.25) is 0 Å². The zero-order valence-corrected chi connectivity index (χ0v) is 14.3. The predicted octanol–water partition coefficient (Wildman–Crippen LogP) is 1.41. The Kier molecular flexibility index (Phi) is 3.80. The normalized spacial score (nSPS) is 41.7. The number of rotatable bonds is 2. The Hall–Kier alpha value is -0.143. The largest absolute Gasteiger partial charge is 0.457 e. The smallest absolute Gasteiger partial charge is 0.340 e. The SMILES string of the molecule is CC(C)(C)[Si](C)(C)O[C@@H]1[C@H](O)[C@H](Cl)[C@]2(O)C[C@H]1OC2=O. The quantitative estimate of drug-likeness (QED) is 0.456. The number of hydrogen-bond donors (Lipinski definition) is 2. The van der Waals surface area contributed by atoms with E-state index in [1.54, 1.807) is 0 Å². The van der Waals surface area contributed by atoms with Crippen molar-refractivity contribution in [3.05, 3.63) is 0 Å². The first kappa shape index (κ1) is 16.2. The summed E-state index contributed by atoms with van der Waals surface area (Å²) in [5.74, 6) is -0.761. The Morgan fingerprint density at radius 2 is 2.00 bits per heavy atom. The van der Waals surface area contributed by atoms with Gasteiger partial charge in [-0.2, -0.15) is 0 Å². The lowest BCUT2D eigenvalue weighted by molar-refractivity contribution is -0.154. The molecule has 5 atom stereocenters. The number of aliphatic hydroxyl groups excluding tert-OH is 1. The van der Waals surface area contributed by atoms with Crippen LogP contribution < -0.4 is 0 Å². The molecule has 2 N–H and O–H groups in total. The van der Waals surface area contributed by atoms with Gasteiger partial charge in [0.05, 0.1) is 0 Å². The molecule has 0 amide bonds. The summed E-state index contributed by atoms with van der Waals surface area (Å²) >= 11 is 6.07. The summed E-state index contributed by atoms with van der Waals surface area (Å²) in [5, 5.41) is 19.4. The van der Waals surface area contributed by atoms with Crippen molar-refractivity contribution in [2.45, 2.75) is 74.6 Å². The van der Waals surface area contributed by atoms with Gasteiger partial charge in [0.25, 0.3) is 0 Å². The minimum atomic E-state index is -2.14. The Morgan fingerprint density at radius 1 is 1.45 bits per heavy atom. The Morgan fingerprint density at radius 3 is 2.50 bits per heavy atom. The topological polar surface area (TPSA) is 76.0 Å². The lowest BCUT2D eigenvalue weighted by Gasteiger charge is -2.44. The fraction of sp³-hybridized carbons (Fsp3) is 0.923. The first-order valence-electron chi connectivity index (χ1n) is 6.83. The molecule has 20 heavy (non-hydrogen) atoms. The monoisotopic (exact) mass is 322 g/mol. The summed E-state index contributed by atoms with van der Waals surface area (Å²) in [7, 11) is -2.14. The minimum absolute atomic E-state index is 0.0368. The number of alkyl halides is 1. The van der Waals surface area contributed by atoms with Crippen molar-refractivity contribution in [3.63, 3.8) is 0 Å². The fourth-order valence-electron chi connectivity index (χ4n) is 2.41. The van der Waals surface area contributed by atoms with E-state index in [1.807, 2.05) is 0 Å². The Bertz CT molecular complexity index is 421. The van der Waals surface area contributed by atoms with E-state index < -0.39 is 43.6 Å². The van der Waals surface area contributed by atoms with Crippen LogP contribution >= 0.6 is 11.6 Å². The van der Waals surface area contributed by atoms with E-state index in [9.17, 15) is 15.0 Å². The molecule has 1 aliphatic heterocycles. The van der Waals surface area contributed by atoms with E-state index in [1.165, 1.54) is 0 Å². The fourth-order valence-corrected chi connectivity index (χ4v) is 4.06. The molecular weight excluding hydrogens is 300 g/mol. The molecule has 1 aliphatic carbocycles. The van der Waals surface area contributed by atoms with E-state index in [2.05, 4.69) is 33.9 Å². The van der Waals surface area contributed by atoms with Gasteiger partial charge in [0.15, 0.2) is 13.9 Å². The van der Waals surface area contributed by atoms with Crippen LogP contribution in [-0.4, -0.2) is 53.8 Å². The molecule has 2 bridgehead atoms.